The van der Waals surface area contributed by atoms with Gasteiger partial charge in [-0.25, -0.2) is 8.42 Å². The van der Waals surface area contributed by atoms with Gasteiger partial charge in [0.1, 0.15) is 0 Å². The van der Waals surface area contributed by atoms with Gasteiger partial charge in [0.2, 0.25) is 15.9 Å². The predicted molar refractivity (Wildman–Crippen MR) is 117 cm³/mol. The summed E-state index contributed by atoms with van der Waals surface area (Å²) >= 11 is 5.60. The molecule has 2 aromatic carbocycles. The minimum atomic E-state index is -4.76. The van der Waals surface area contributed by atoms with E-state index in [0.29, 0.717) is 6.07 Å². The van der Waals surface area contributed by atoms with Crippen molar-refractivity contribution in [2.45, 2.75) is 44.7 Å². The van der Waals surface area contributed by atoms with Crippen molar-refractivity contribution in [3.63, 3.8) is 0 Å². The van der Waals surface area contributed by atoms with E-state index in [0.717, 1.165) is 38.8 Å². The Labute approximate surface area is 190 Å². The fourth-order valence-electron chi connectivity index (χ4n) is 3.99. The predicted octanol–water partition coefficient (Wildman–Crippen LogP) is 5.32. The van der Waals surface area contributed by atoms with E-state index in [9.17, 15) is 26.4 Å². The van der Waals surface area contributed by atoms with Gasteiger partial charge in [0.15, 0.2) is 0 Å². The molecule has 2 aromatic rings. The van der Waals surface area contributed by atoms with Gasteiger partial charge in [-0.1, -0.05) is 29.3 Å². The van der Waals surface area contributed by atoms with Crippen LogP contribution in [0.5, 0.6) is 0 Å². The normalized spacial score (nSPS) is 16.2. The lowest BCUT2D eigenvalue weighted by atomic mass is 9.96. The SMILES string of the molecule is Cc1cc(C)c(NC(=O)C2CCN(S(=O)(=O)c3ccc(Cl)c(C(F)(F)F)c3)CC2)c(C)c1. The van der Waals surface area contributed by atoms with Crippen molar-refractivity contribution in [2.75, 3.05) is 18.4 Å². The fourth-order valence-corrected chi connectivity index (χ4v) is 5.71. The van der Waals surface area contributed by atoms with Crippen LogP contribution in [0, 0.1) is 26.7 Å². The summed E-state index contributed by atoms with van der Waals surface area (Å²) in [7, 11) is -4.14. The van der Waals surface area contributed by atoms with Crippen LogP contribution in [0.15, 0.2) is 35.2 Å². The molecular formula is C22H24ClF3N2O3S. The van der Waals surface area contributed by atoms with Crippen molar-refractivity contribution >= 4 is 33.2 Å². The van der Waals surface area contributed by atoms with Crippen LogP contribution in [0.4, 0.5) is 18.9 Å². The summed E-state index contributed by atoms with van der Waals surface area (Å²) in [6, 6.07) is 6.50. The number of benzene rings is 2. The molecule has 0 radical (unpaired) electrons. The summed E-state index contributed by atoms with van der Waals surface area (Å²) in [5, 5.41) is 2.38. The Bertz CT molecular complexity index is 1120. The average molecular weight is 489 g/mol. The van der Waals surface area contributed by atoms with Crippen LogP contribution in [0.25, 0.3) is 0 Å². The van der Waals surface area contributed by atoms with Gasteiger partial charge in [-0.15, -0.1) is 0 Å². The number of rotatable bonds is 4. The van der Waals surface area contributed by atoms with Gasteiger partial charge in [0.05, 0.1) is 15.5 Å². The van der Waals surface area contributed by atoms with E-state index in [1.54, 1.807) is 0 Å². The first-order valence-electron chi connectivity index (χ1n) is 10.1. The standard InChI is InChI=1S/C22H24ClF3N2O3S/c1-13-10-14(2)20(15(3)11-13)27-21(29)16-6-8-28(9-7-16)32(30,31)17-4-5-19(23)18(12-17)22(24,25)26/h4-5,10-12,16H,6-9H2,1-3H3,(H,27,29). The molecule has 3 rings (SSSR count). The maximum atomic E-state index is 13.1. The molecule has 1 aliphatic heterocycles. The third kappa shape index (κ3) is 5.10. The summed E-state index contributed by atoms with van der Waals surface area (Å²) < 4.78 is 66.2. The maximum absolute atomic E-state index is 13.1. The first kappa shape index (κ1) is 24.5. The van der Waals surface area contributed by atoms with Crippen LogP contribution < -0.4 is 5.32 Å². The van der Waals surface area contributed by atoms with Crippen LogP contribution in [-0.2, 0) is 21.0 Å². The van der Waals surface area contributed by atoms with E-state index in [1.807, 2.05) is 32.9 Å². The number of anilines is 1. The topological polar surface area (TPSA) is 66.5 Å². The van der Waals surface area contributed by atoms with E-state index in [1.165, 1.54) is 0 Å². The molecule has 0 unspecified atom stereocenters. The van der Waals surface area contributed by atoms with E-state index < -0.39 is 37.6 Å². The van der Waals surface area contributed by atoms with Crippen LogP contribution in [0.3, 0.4) is 0 Å². The summed E-state index contributed by atoms with van der Waals surface area (Å²) in [6.45, 7) is 5.87. The molecular weight excluding hydrogens is 465 g/mol. The third-order valence-electron chi connectivity index (χ3n) is 5.63. The lowest BCUT2D eigenvalue weighted by molar-refractivity contribution is -0.137. The van der Waals surface area contributed by atoms with Crippen molar-refractivity contribution in [1.29, 1.82) is 0 Å². The lowest BCUT2D eigenvalue weighted by Crippen LogP contribution is -2.41. The number of piperidine rings is 1. The second-order valence-corrected chi connectivity index (χ2v) is 10.4. The van der Waals surface area contributed by atoms with Crippen molar-refractivity contribution in [2.24, 2.45) is 5.92 Å². The molecule has 1 N–H and O–H groups in total. The number of nitrogens with zero attached hydrogens (tertiary/aromatic N) is 1. The van der Waals surface area contributed by atoms with Crippen molar-refractivity contribution in [3.05, 3.63) is 57.6 Å². The highest BCUT2D eigenvalue weighted by atomic mass is 35.5. The van der Waals surface area contributed by atoms with Gasteiger partial charge in [-0.3, -0.25) is 4.79 Å². The van der Waals surface area contributed by atoms with Crippen molar-refractivity contribution in [1.82, 2.24) is 4.31 Å². The van der Waals surface area contributed by atoms with Gasteiger partial charge >= 0.3 is 6.18 Å². The second kappa shape index (κ2) is 9.03. The molecule has 0 aliphatic carbocycles. The van der Waals surface area contributed by atoms with Crippen LogP contribution in [0.1, 0.15) is 35.1 Å². The fraction of sp³-hybridized carbons (Fsp3) is 0.409. The molecule has 32 heavy (non-hydrogen) atoms. The molecule has 5 nitrogen and oxygen atoms in total. The molecule has 0 atom stereocenters. The Morgan fingerprint density at radius 1 is 1.06 bits per heavy atom. The minimum Gasteiger partial charge on any atom is -0.325 e. The Morgan fingerprint density at radius 3 is 2.16 bits per heavy atom. The number of halogens is 4. The van der Waals surface area contributed by atoms with Crippen LogP contribution in [0.2, 0.25) is 5.02 Å². The number of aryl methyl sites for hydroxylation is 3. The number of hydrogen-bond donors (Lipinski definition) is 1. The lowest BCUT2D eigenvalue weighted by Gasteiger charge is -2.31. The van der Waals surface area contributed by atoms with Gasteiger partial charge in [-0.05, 0) is 62.9 Å². The largest absolute Gasteiger partial charge is 0.417 e. The summed E-state index contributed by atoms with van der Waals surface area (Å²) in [5.41, 5.74) is 2.53. The monoisotopic (exact) mass is 488 g/mol. The number of hydrogen-bond acceptors (Lipinski definition) is 3. The average Bonchev–Trinajstić information content (AvgIpc) is 2.70. The first-order valence-corrected chi connectivity index (χ1v) is 11.9. The molecule has 1 amide bonds. The molecule has 1 aliphatic rings. The Hall–Kier alpha value is -2.10. The van der Waals surface area contributed by atoms with E-state index in [-0.39, 0.29) is 31.8 Å². The second-order valence-electron chi connectivity index (χ2n) is 8.08. The van der Waals surface area contributed by atoms with E-state index >= 15 is 0 Å². The van der Waals surface area contributed by atoms with E-state index in [2.05, 4.69) is 5.32 Å². The number of carbonyl (C=O) groups excluding carboxylic acids is 1. The van der Waals surface area contributed by atoms with Crippen molar-refractivity contribution < 1.29 is 26.4 Å². The quantitative estimate of drug-likeness (QED) is 0.633. The van der Waals surface area contributed by atoms with E-state index in [4.69, 9.17) is 11.6 Å². The van der Waals surface area contributed by atoms with Gasteiger partial charge < -0.3 is 5.32 Å². The molecule has 1 heterocycles. The number of alkyl halides is 3. The number of nitrogens with one attached hydrogen (secondary N) is 1. The van der Waals surface area contributed by atoms with Crippen molar-refractivity contribution in [3.8, 4) is 0 Å². The highest BCUT2D eigenvalue weighted by Gasteiger charge is 2.37. The molecule has 1 fully saturated rings. The molecule has 10 heteroatoms. The number of carbonyl (C=O) groups is 1. The first-order chi connectivity index (χ1) is 14.8. The zero-order valence-corrected chi connectivity index (χ0v) is 19.5. The zero-order chi connectivity index (χ0) is 23.8. The highest BCUT2D eigenvalue weighted by Crippen LogP contribution is 2.37. The summed E-state index contributed by atoms with van der Waals surface area (Å²) in [5.74, 6) is -0.583. The number of amides is 1. The maximum Gasteiger partial charge on any atom is 0.417 e. The molecule has 0 spiro atoms. The van der Waals surface area contributed by atoms with Gasteiger partial charge in [0, 0.05) is 24.7 Å². The Kier molecular flexibility index (Phi) is 6.93. The number of sulfonamides is 1. The Balaban J connectivity index is 1.71. The van der Waals surface area contributed by atoms with Gasteiger partial charge in [0.25, 0.3) is 0 Å². The molecule has 0 saturated carbocycles. The van der Waals surface area contributed by atoms with Crippen LogP contribution in [-0.4, -0.2) is 31.7 Å². The zero-order valence-electron chi connectivity index (χ0n) is 17.9. The third-order valence-corrected chi connectivity index (χ3v) is 7.86. The summed E-state index contributed by atoms with van der Waals surface area (Å²) in [6.07, 6.45) is -4.22. The summed E-state index contributed by atoms with van der Waals surface area (Å²) in [4.78, 5) is 12.3. The minimum absolute atomic E-state index is 0.0380. The Morgan fingerprint density at radius 2 is 1.62 bits per heavy atom. The smallest absolute Gasteiger partial charge is 0.325 e. The molecule has 1 saturated heterocycles. The van der Waals surface area contributed by atoms with Gasteiger partial charge in [-0.2, -0.15) is 17.5 Å². The van der Waals surface area contributed by atoms with Crippen LogP contribution >= 0.6 is 11.6 Å². The highest BCUT2D eigenvalue weighted by molar-refractivity contribution is 7.89. The molecule has 174 valence electrons. The molecule has 0 aromatic heterocycles. The molecule has 0 bridgehead atoms.